The lowest BCUT2D eigenvalue weighted by Gasteiger charge is -1.94. The lowest BCUT2D eigenvalue weighted by molar-refractivity contribution is 0.220. The van der Waals surface area contributed by atoms with Crippen molar-refractivity contribution in [2.24, 2.45) is 9.98 Å². The molecule has 0 amide bonds. The summed E-state index contributed by atoms with van der Waals surface area (Å²) < 4.78 is 5.30. The van der Waals surface area contributed by atoms with E-state index in [1.54, 1.807) is 0 Å². The molecule has 15 heavy (non-hydrogen) atoms. The fourth-order valence-corrected chi connectivity index (χ4v) is 0.960. The highest BCUT2D eigenvalue weighted by molar-refractivity contribution is 5.61. The van der Waals surface area contributed by atoms with Gasteiger partial charge in [0.05, 0.1) is 13.2 Å². The maximum Gasteiger partial charge on any atom is 0.0819 e. The van der Waals surface area contributed by atoms with Gasteiger partial charge in [-0.2, -0.15) is 0 Å². The molecule has 0 atom stereocenters. The third-order valence-corrected chi connectivity index (χ3v) is 1.92. The summed E-state index contributed by atoms with van der Waals surface area (Å²) in [7, 11) is 0. The number of rotatable bonds is 10. The summed E-state index contributed by atoms with van der Waals surface area (Å²) in [6.45, 7) is 7.37. The van der Waals surface area contributed by atoms with Crippen molar-refractivity contribution in [1.82, 2.24) is 0 Å². The van der Waals surface area contributed by atoms with Gasteiger partial charge in [-0.25, -0.2) is 0 Å². The van der Waals surface area contributed by atoms with Gasteiger partial charge < -0.3 is 4.74 Å². The number of hydrogen-bond acceptors (Lipinski definition) is 3. The van der Waals surface area contributed by atoms with Crippen LogP contribution < -0.4 is 0 Å². The smallest absolute Gasteiger partial charge is 0.0819 e. The molecule has 0 saturated heterocycles. The van der Waals surface area contributed by atoms with Crippen LogP contribution in [0.2, 0.25) is 0 Å². The van der Waals surface area contributed by atoms with E-state index in [9.17, 15) is 0 Å². The van der Waals surface area contributed by atoms with Crippen molar-refractivity contribution >= 4 is 12.4 Å². The Morgan fingerprint density at radius 3 is 1.73 bits per heavy atom. The highest BCUT2D eigenvalue weighted by Gasteiger charge is 1.82. The second-order valence-corrected chi connectivity index (χ2v) is 3.42. The number of hydrogen-bond donors (Lipinski definition) is 0. The minimum atomic E-state index is 0.601. The Morgan fingerprint density at radius 2 is 1.33 bits per heavy atom. The standard InChI is InChI=1S/C12H24N2O/c1-3-5-7-13-9-11-15-12-10-14-8-6-4-2/h9-10H,3-8,11-12H2,1-2H3. The van der Waals surface area contributed by atoms with Crippen LogP contribution in [0.25, 0.3) is 0 Å². The summed E-state index contributed by atoms with van der Waals surface area (Å²) in [6.07, 6.45) is 8.40. The van der Waals surface area contributed by atoms with Crippen molar-refractivity contribution in [2.75, 3.05) is 26.3 Å². The van der Waals surface area contributed by atoms with E-state index in [1.807, 2.05) is 12.4 Å². The molecule has 88 valence electrons. The average molecular weight is 212 g/mol. The highest BCUT2D eigenvalue weighted by Crippen LogP contribution is 1.86. The fourth-order valence-electron chi connectivity index (χ4n) is 0.960. The van der Waals surface area contributed by atoms with Gasteiger partial charge in [-0.15, -0.1) is 0 Å². The predicted molar refractivity (Wildman–Crippen MR) is 67.4 cm³/mol. The Hall–Kier alpha value is -0.700. The third-order valence-electron chi connectivity index (χ3n) is 1.92. The third kappa shape index (κ3) is 13.3. The van der Waals surface area contributed by atoms with E-state index in [4.69, 9.17) is 4.74 Å². The molecule has 0 N–H and O–H groups in total. The Labute approximate surface area is 93.7 Å². The summed E-state index contributed by atoms with van der Waals surface area (Å²) in [5.74, 6) is 0. The molecule has 3 nitrogen and oxygen atoms in total. The molecule has 0 heterocycles. The number of nitrogens with zero attached hydrogens (tertiary/aromatic N) is 2. The molecule has 0 aromatic carbocycles. The van der Waals surface area contributed by atoms with Crippen LogP contribution in [0.3, 0.4) is 0 Å². The average Bonchev–Trinajstić information content (AvgIpc) is 2.26. The van der Waals surface area contributed by atoms with E-state index in [-0.39, 0.29) is 0 Å². The predicted octanol–water partition coefficient (Wildman–Crippen LogP) is 2.74. The van der Waals surface area contributed by atoms with Crippen molar-refractivity contribution in [3.8, 4) is 0 Å². The Morgan fingerprint density at radius 1 is 0.867 bits per heavy atom. The Kier molecular flexibility index (Phi) is 12.7. The molecule has 0 aliphatic carbocycles. The summed E-state index contributed by atoms with van der Waals surface area (Å²) in [4.78, 5) is 8.43. The first-order valence-corrected chi connectivity index (χ1v) is 5.96. The van der Waals surface area contributed by atoms with Crippen LogP contribution in [0.15, 0.2) is 9.98 Å². The molecule has 0 aromatic heterocycles. The van der Waals surface area contributed by atoms with E-state index in [2.05, 4.69) is 23.8 Å². The highest BCUT2D eigenvalue weighted by atomic mass is 16.5. The van der Waals surface area contributed by atoms with Crippen LogP contribution in [0.1, 0.15) is 39.5 Å². The van der Waals surface area contributed by atoms with E-state index < -0.39 is 0 Å². The molecule has 0 aromatic rings. The lowest BCUT2D eigenvalue weighted by Crippen LogP contribution is -1.99. The molecule has 0 bridgehead atoms. The van der Waals surface area contributed by atoms with Gasteiger partial charge >= 0.3 is 0 Å². The van der Waals surface area contributed by atoms with Gasteiger partial charge in [0.15, 0.2) is 0 Å². The second-order valence-electron chi connectivity index (χ2n) is 3.42. The second kappa shape index (κ2) is 13.3. The minimum Gasteiger partial charge on any atom is -0.370 e. The first-order valence-electron chi connectivity index (χ1n) is 5.96. The van der Waals surface area contributed by atoms with Gasteiger partial charge in [0.2, 0.25) is 0 Å². The zero-order valence-corrected chi connectivity index (χ0v) is 10.1. The quantitative estimate of drug-likeness (QED) is 0.405. The SMILES string of the molecule is CCCCN=CCOCC=NCCCC. The van der Waals surface area contributed by atoms with Crippen molar-refractivity contribution in [2.45, 2.75) is 39.5 Å². The van der Waals surface area contributed by atoms with Gasteiger partial charge in [0, 0.05) is 25.5 Å². The minimum absolute atomic E-state index is 0.601. The zero-order valence-electron chi connectivity index (χ0n) is 10.1. The first-order chi connectivity index (χ1) is 7.41. The molecule has 3 heteroatoms. The maximum atomic E-state index is 5.30. The van der Waals surface area contributed by atoms with Crippen LogP contribution >= 0.6 is 0 Å². The summed E-state index contributed by atoms with van der Waals surface area (Å²) in [5, 5.41) is 0. The summed E-state index contributed by atoms with van der Waals surface area (Å²) in [6, 6.07) is 0. The zero-order chi connectivity index (χ0) is 11.2. The van der Waals surface area contributed by atoms with Crippen LogP contribution in [0.5, 0.6) is 0 Å². The van der Waals surface area contributed by atoms with Gasteiger partial charge in [0.1, 0.15) is 0 Å². The van der Waals surface area contributed by atoms with Crippen molar-refractivity contribution < 1.29 is 4.74 Å². The van der Waals surface area contributed by atoms with E-state index in [1.165, 1.54) is 12.8 Å². The van der Waals surface area contributed by atoms with Gasteiger partial charge in [0.25, 0.3) is 0 Å². The van der Waals surface area contributed by atoms with Crippen molar-refractivity contribution in [3.05, 3.63) is 0 Å². The van der Waals surface area contributed by atoms with E-state index >= 15 is 0 Å². The molecule has 0 aliphatic rings. The number of aliphatic imine (C=N–C) groups is 2. The molecule has 0 aliphatic heterocycles. The monoisotopic (exact) mass is 212 g/mol. The Bertz CT molecular complexity index is 149. The molecule has 0 spiro atoms. The molecular formula is C12H24N2O. The van der Waals surface area contributed by atoms with Crippen LogP contribution in [-0.2, 0) is 4.74 Å². The van der Waals surface area contributed by atoms with Gasteiger partial charge in [-0.3, -0.25) is 9.98 Å². The number of unbranched alkanes of at least 4 members (excludes halogenated alkanes) is 2. The normalized spacial score (nSPS) is 11.9. The van der Waals surface area contributed by atoms with Crippen LogP contribution in [0, 0.1) is 0 Å². The van der Waals surface area contributed by atoms with E-state index in [0.717, 1.165) is 25.9 Å². The van der Waals surface area contributed by atoms with Crippen LogP contribution in [-0.4, -0.2) is 38.7 Å². The van der Waals surface area contributed by atoms with Crippen LogP contribution in [0.4, 0.5) is 0 Å². The molecule has 0 rings (SSSR count). The lowest BCUT2D eigenvalue weighted by atomic mass is 10.3. The molecule has 0 fully saturated rings. The van der Waals surface area contributed by atoms with Crippen molar-refractivity contribution in [3.63, 3.8) is 0 Å². The summed E-state index contributed by atoms with van der Waals surface area (Å²) in [5.41, 5.74) is 0. The topological polar surface area (TPSA) is 34.0 Å². The number of ether oxygens (including phenoxy) is 1. The molecular weight excluding hydrogens is 188 g/mol. The van der Waals surface area contributed by atoms with Gasteiger partial charge in [-0.05, 0) is 12.8 Å². The molecule has 0 saturated carbocycles. The largest absolute Gasteiger partial charge is 0.370 e. The Balaban J connectivity index is 3.10. The molecule has 0 unspecified atom stereocenters. The van der Waals surface area contributed by atoms with E-state index in [0.29, 0.717) is 13.2 Å². The maximum absolute atomic E-state index is 5.30. The van der Waals surface area contributed by atoms with Gasteiger partial charge in [-0.1, -0.05) is 26.7 Å². The van der Waals surface area contributed by atoms with Crippen molar-refractivity contribution in [1.29, 1.82) is 0 Å². The summed E-state index contributed by atoms with van der Waals surface area (Å²) >= 11 is 0. The fraction of sp³-hybridized carbons (Fsp3) is 0.833. The first kappa shape index (κ1) is 14.3. The molecule has 0 radical (unpaired) electrons.